The first-order valence-corrected chi connectivity index (χ1v) is 34.8. The van der Waals surface area contributed by atoms with Crippen LogP contribution in [0.3, 0.4) is 0 Å². The van der Waals surface area contributed by atoms with Gasteiger partial charge in [0.15, 0.2) is 11.6 Å². The average molecular weight is 1370 g/mol. The first-order chi connectivity index (χ1) is 48.0. The van der Waals surface area contributed by atoms with E-state index < -0.39 is 113 Å². The van der Waals surface area contributed by atoms with Crippen LogP contribution in [0.2, 0.25) is 0 Å². The van der Waals surface area contributed by atoms with E-state index in [0.717, 1.165) is 38.9 Å². The molecule has 18 heteroatoms. The van der Waals surface area contributed by atoms with Crippen LogP contribution < -0.4 is 26.0 Å². The molecule has 520 valence electrons. The molecule has 8 aromatic rings. The van der Waals surface area contributed by atoms with Crippen LogP contribution in [0.5, 0.6) is 5.75 Å². The summed E-state index contributed by atoms with van der Waals surface area (Å²) in [5, 5.41) is 11.3. The van der Waals surface area contributed by atoms with Crippen molar-refractivity contribution in [3.8, 4) is 16.9 Å². The molecule has 0 saturated heterocycles. The van der Waals surface area contributed by atoms with E-state index in [4.69, 9.17) is 23.7 Å². The second-order valence-electron chi connectivity index (χ2n) is 26.7. The van der Waals surface area contributed by atoms with Gasteiger partial charge < -0.3 is 45.0 Å². The lowest BCUT2D eigenvalue weighted by atomic mass is 9.84. The summed E-state index contributed by atoms with van der Waals surface area (Å²) in [7, 11) is 0. The number of carbonyl (C=O) groups excluding carboxylic acids is 8. The number of fused-ring (bicyclic) bond motifs is 3. The minimum absolute atomic E-state index is 0.00406. The largest absolute Gasteiger partial charge is 0.494 e. The number of amides is 4. The van der Waals surface area contributed by atoms with E-state index in [-0.39, 0.29) is 44.1 Å². The van der Waals surface area contributed by atoms with Gasteiger partial charge in [0.05, 0.1) is 35.8 Å². The molecule has 17 nitrogen and oxygen atoms in total. The van der Waals surface area contributed by atoms with Gasteiger partial charge >= 0.3 is 24.1 Å². The van der Waals surface area contributed by atoms with Crippen molar-refractivity contribution in [3.05, 3.63) is 269 Å². The monoisotopic (exact) mass is 1370 g/mol. The van der Waals surface area contributed by atoms with Crippen LogP contribution in [0.25, 0.3) is 11.1 Å². The van der Waals surface area contributed by atoms with E-state index in [2.05, 4.69) is 21.3 Å². The number of ketones is 2. The van der Waals surface area contributed by atoms with Gasteiger partial charge in [-0.2, -0.15) is 0 Å². The summed E-state index contributed by atoms with van der Waals surface area (Å²) in [5.41, 5.74) is 6.72. The van der Waals surface area contributed by atoms with E-state index in [1.165, 1.54) is 11.8 Å². The van der Waals surface area contributed by atoms with Crippen molar-refractivity contribution in [3.63, 3.8) is 0 Å². The molecule has 0 fully saturated rings. The molecule has 8 aromatic carbocycles. The lowest BCUT2D eigenvalue weighted by Gasteiger charge is -2.36. The third-order valence-electron chi connectivity index (χ3n) is 16.9. The van der Waals surface area contributed by atoms with Crippen molar-refractivity contribution < 1.29 is 62.0 Å². The molecular formula is C82H88N4O13S. The van der Waals surface area contributed by atoms with E-state index in [9.17, 15) is 24.0 Å². The Kier molecular flexibility index (Phi) is 25.8. The molecule has 0 aromatic heterocycles. The minimum Gasteiger partial charge on any atom is -0.494 e. The Balaban J connectivity index is 0.986. The van der Waals surface area contributed by atoms with Gasteiger partial charge in [-0.1, -0.05) is 212 Å². The zero-order valence-corrected chi connectivity index (χ0v) is 58.4. The van der Waals surface area contributed by atoms with Gasteiger partial charge in [-0.15, -0.1) is 11.8 Å². The van der Waals surface area contributed by atoms with Gasteiger partial charge in [0.25, 0.3) is 0 Å². The lowest BCUT2D eigenvalue weighted by molar-refractivity contribution is -0.157. The number of Topliss-reactive ketones (excluding diaryl/α,β-unsaturated/α-hetero) is 2. The fraction of sp³-hybridized carbons (Fsp3) is 0.317. The van der Waals surface area contributed by atoms with Crippen LogP contribution in [0, 0.1) is 5.92 Å². The number of alkyl carbamates (subject to hydrolysis) is 2. The quantitative estimate of drug-likeness (QED) is 0.0175. The molecule has 0 radical (unpaired) electrons. The van der Waals surface area contributed by atoms with Gasteiger partial charge in [0.2, 0.25) is 11.8 Å². The van der Waals surface area contributed by atoms with Crippen molar-refractivity contribution in [2.45, 2.75) is 140 Å². The molecule has 0 spiro atoms. The molecule has 1 aliphatic carbocycles. The maximum absolute atomic E-state index is 15.3. The van der Waals surface area contributed by atoms with Crippen LogP contribution in [-0.4, -0.2) is 102 Å². The van der Waals surface area contributed by atoms with Gasteiger partial charge in [-0.05, 0) is 129 Å². The molecule has 0 heterocycles. The van der Waals surface area contributed by atoms with Crippen LogP contribution in [0.4, 0.5) is 9.59 Å². The lowest BCUT2D eigenvalue weighted by Crippen LogP contribution is -2.53. The van der Waals surface area contributed by atoms with E-state index >= 15 is 14.4 Å². The molecule has 5 atom stereocenters. The average Bonchev–Trinajstić information content (AvgIpc) is 0.935. The second kappa shape index (κ2) is 34.9. The number of carbonyl (C=O) groups is 8. The highest BCUT2D eigenvalue weighted by Gasteiger charge is 2.41. The maximum Gasteiger partial charge on any atom is 0.408 e. The van der Waals surface area contributed by atoms with E-state index in [0.29, 0.717) is 29.0 Å². The molecule has 9 rings (SSSR count). The predicted octanol–water partition coefficient (Wildman–Crippen LogP) is 13.8. The zero-order chi connectivity index (χ0) is 71.2. The third-order valence-corrected chi connectivity index (χ3v) is 18.5. The van der Waals surface area contributed by atoms with Crippen LogP contribution >= 0.6 is 11.8 Å². The van der Waals surface area contributed by atoms with Crippen molar-refractivity contribution in [2.24, 2.45) is 5.92 Å². The Morgan fingerprint density at radius 2 is 0.920 bits per heavy atom. The summed E-state index contributed by atoms with van der Waals surface area (Å²) in [4.78, 5) is 117. The summed E-state index contributed by atoms with van der Waals surface area (Å²) in [6, 6.07) is 64.9. The highest BCUT2D eigenvalue weighted by Crippen LogP contribution is 2.49. The molecule has 0 unspecified atom stereocenters. The first-order valence-electron chi connectivity index (χ1n) is 33.8. The Morgan fingerprint density at radius 1 is 0.450 bits per heavy atom. The molecule has 4 amide bonds. The standard InChI is InChI=1S/C82H88N4O13S/c1-8-95-62-44-42-57(43-45-62)52-96-77(92)71(54-100-82(59-32-18-11-19-33-59,60-34-20-12-21-35-60)61-36-22-13-23-37-61)84-75(90)58(51-74(89)98-80(2,3)4)50-73(88)68(85-79(94)99-81(5,6)7)46-47-72(87)69(48-55-28-14-9-15-29-55)83-76(91)70(49-56-30-16-10-17-31-56)86-78(93)97-53-67-65-40-26-24-38-63(65)64-39-25-27-41-66(64)67/h9-45,58,67-71H,8,46-54H2,1-7H3,(H,83,91)(H,84,90)(H,85,94)(H,86,93)/t58-,68-,69-,70-,71-/m0/s1. The summed E-state index contributed by atoms with van der Waals surface area (Å²) >= 11 is 1.39. The number of ether oxygens (including phenoxy) is 5. The molecular weight excluding hydrogens is 1280 g/mol. The number of thioether (sulfide) groups is 1. The van der Waals surface area contributed by atoms with Crippen molar-refractivity contribution in [2.75, 3.05) is 19.0 Å². The Bertz CT molecular complexity index is 3910. The molecule has 0 bridgehead atoms. The summed E-state index contributed by atoms with van der Waals surface area (Å²) in [6.45, 7) is 12.0. The van der Waals surface area contributed by atoms with E-state index in [1.54, 1.807) is 90.1 Å². The number of hydrogen-bond donors (Lipinski definition) is 4. The first kappa shape index (κ1) is 73.9. The maximum atomic E-state index is 15.3. The fourth-order valence-electron chi connectivity index (χ4n) is 12.2. The molecule has 4 N–H and O–H groups in total. The van der Waals surface area contributed by atoms with Crippen molar-refractivity contribution in [1.82, 2.24) is 21.3 Å². The topological polar surface area (TPSA) is 231 Å². The molecule has 100 heavy (non-hydrogen) atoms. The smallest absolute Gasteiger partial charge is 0.408 e. The fourth-order valence-corrected chi connectivity index (χ4v) is 13.7. The predicted molar refractivity (Wildman–Crippen MR) is 386 cm³/mol. The molecule has 0 saturated carbocycles. The minimum atomic E-state index is -1.52. The molecule has 1 aliphatic rings. The second-order valence-corrected chi connectivity index (χ2v) is 27.9. The Hall–Kier alpha value is -10.3. The van der Waals surface area contributed by atoms with Crippen molar-refractivity contribution in [1.29, 1.82) is 0 Å². The Morgan fingerprint density at radius 3 is 1.43 bits per heavy atom. The molecule has 0 aliphatic heterocycles. The third kappa shape index (κ3) is 20.9. The Labute approximate surface area is 589 Å². The summed E-state index contributed by atoms with van der Waals surface area (Å²) in [6.07, 6.45) is -3.94. The highest BCUT2D eigenvalue weighted by molar-refractivity contribution is 8.00. The van der Waals surface area contributed by atoms with Gasteiger partial charge in [-0.3, -0.25) is 24.0 Å². The number of rotatable bonds is 32. The van der Waals surface area contributed by atoms with Crippen molar-refractivity contribution >= 4 is 59.3 Å². The van der Waals surface area contributed by atoms with Gasteiger partial charge in [-0.25, -0.2) is 14.4 Å². The number of nitrogens with one attached hydrogen (secondary N) is 4. The number of benzene rings is 8. The highest BCUT2D eigenvalue weighted by atomic mass is 32.2. The normalized spacial score (nSPS) is 13.5. The van der Waals surface area contributed by atoms with Crippen LogP contribution in [0.1, 0.15) is 125 Å². The van der Waals surface area contributed by atoms with Gasteiger partial charge in [0, 0.05) is 30.9 Å². The van der Waals surface area contributed by atoms with Gasteiger partial charge in [0.1, 0.15) is 42.2 Å². The summed E-state index contributed by atoms with van der Waals surface area (Å²) < 4.78 is 28.0. The van der Waals surface area contributed by atoms with Crippen LogP contribution in [0.15, 0.2) is 224 Å². The SMILES string of the molecule is CCOc1ccc(COC(=O)[C@H](CSC(c2ccccc2)(c2ccccc2)c2ccccc2)NC(=O)[C@H](CC(=O)OC(C)(C)C)CC(=O)[C@H](CCC(=O)[C@H](Cc2ccccc2)NC(=O)[C@H](Cc2ccccc2)NC(=O)OCC2c3ccccc3-c3ccccc32)NC(=O)OC(C)(C)C)cc1. The number of esters is 2. The van der Waals surface area contributed by atoms with E-state index in [1.807, 2.05) is 183 Å². The number of hydrogen-bond acceptors (Lipinski definition) is 14. The summed E-state index contributed by atoms with van der Waals surface area (Å²) in [5.74, 6) is -5.74. The van der Waals surface area contributed by atoms with Crippen LogP contribution in [-0.2, 0) is 71.9 Å². The zero-order valence-electron chi connectivity index (χ0n) is 57.6.